The second-order valence-electron chi connectivity index (χ2n) is 1.94. The lowest BCUT2D eigenvalue weighted by molar-refractivity contribution is -0.380. The van der Waals surface area contributed by atoms with E-state index >= 15 is 0 Å². The Kier molecular flexibility index (Phi) is 3.02. The van der Waals surface area contributed by atoms with Gasteiger partial charge in [0.1, 0.15) is 0 Å². The van der Waals surface area contributed by atoms with Crippen LogP contribution in [0.5, 0.6) is 0 Å². The summed E-state index contributed by atoms with van der Waals surface area (Å²) in [5, 5.41) is 11.3. The van der Waals surface area contributed by atoms with E-state index in [4.69, 9.17) is 0 Å². The number of nitro groups is 1. The molecule has 0 aliphatic carbocycles. The van der Waals surface area contributed by atoms with Gasteiger partial charge in [-0.3, -0.25) is 10.1 Å². The van der Waals surface area contributed by atoms with Gasteiger partial charge in [-0.15, -0.1) is 0 Å². The fourth-order valence-electron chi connectivity index (χ4n) is 0.692. The van der Waals surface area contributed by atoms with Gasteiger partial charge in [0.25, 0.3) is 0 Å². The molecule has 0 aliphatic rings. The highest BCUT2D eigenvalue weighted by molar-refractivity contribution is 9.09. The van der Waals surface area contributed by atoms with Crippen molar-refractivity contribution < 1.29 is 4.92 Å². The molecular formula is C6H6BrNO2S. The summed E-state index contributed by atoms with van der Waals surface area (Å²) in [5.41, 5.74) is 0. The number of aryl methyl sites for hydroxylation is 1. The maximum absolute atomic E-state index is 10.2. The summed E-state index contributed by atoms with van der Waals surface area (Å²) < 4.78 is 0. The summed E-state index contributed by atoms with van der Waals surface area (Å²) in [4.78, 5) is 10.9. The minimum atomic E-state index is -0.359. The zero-order chi connectivity index (χ0) is 8.27. The van der Waals surface area contributed by atoms with Crippen LogP contribution in [-0.2, 0) is 6.42 Å². The summed E-state index contributed by atoms with van der Waals surface area (Å²) in [5.74, 6) is 0. The fourth-order valence-corrected chi connectivity index (χ4v) is 2.20. The van der Waals surface area contributed by atoms with E-state index < -0.39 is 0 Å². The van der Waals surface area contributed by atoms with Gasteiger partial charge in [-0.05, 0) is 12.5 Å². The number of alkyl halides is 1. The summed E-state index contributed by atoms with van der Waals surface area (Å²) in [6.45, 7) is 0. The van der Waals surface area contributed by atoms with E-state index in [0.29, 0.717) is 0 Å². The van der Waals surface area contributed by atoms with Crippen LogP contribution in [0.1, 0.15) is 4.88 Å². The van der Waals surface area contributed by atoms with Gasteiger partial charge >= 0.3 is 5.00 Å². The largest absolute Gasteiger partial charge is 0.324 e. The van der Waals surface area contributed by atoms with Crippen LogP contribution in [0, 0.1) is 10.1 Å². The van der Waals surface area contributed by atoms with Crippen molar-refractivity contribution in [3.05, 3.63) is 27.1 Å². The van der Waals surface area contributed by atoms with Crippen molar-refractivity contribution in [1.82, 2.24) is 0 Å². The van der Waals surface area contributed by atoms with E-state index in [9.17, 15) is 10.1 Å². The Balaban J connectivity index is 2.73. The van der Waals surface area contributed by atoms with E-state index in [0.717, 1.165) is 16.6 Å². The molecule has 1 aromatic rings. The Morgan fingerprint density at radius 3 is 2.82 bits per heavy atom. The van der Waals surface area contributed by atoms with Crippen LogP contribution in [0.4, 0.5) is 5.00 Å². The third-order valence-electron chi connectivity index (χ3n) is 1.17. The van der Waals surface area contributed by atoms with Crippen LogP contribution in [0.2, 0.25) is 0 Å². The van der Waals surface area contributed by atoms with Gasteiger partial charge in [0, 0.05) is 16.3 Å². The van der Waals surface area contributed by atoms with E-state index in [1.165, 1.54) is 11.3 Å². The van der Waals surface area contributed by atoms with Gasteiger partial charge in [-0.2, -0.15) is 0 Å². The normalized spacial score (nSPS) is 9.91. The topological polar surface area (TPSA) is 43.1 Å². The number of rotatable bonds is 3. The summed E-state index contributed by atoms with van der Waals surface area (Å²) in [7, 11) is 0. The van der Waals surface area contributed by atoms with E-state index in [1.54, 1.807) is 12.1 Å². The van der Waals surface area contributed by atoms with Crippen LogP contribution >= 0.6 is 27.3 Å². The van der Waals surface area contributed by atoms with E-state index in [1.807, 2.05) is 0 Å². The van der Waals surface area contributed by atoms with Crippen LogP contribution < -0.4 is 0 Å². The van der Waals surface area contributed by atoms with Gasteiger partial charge < -0.3 is 0 Å². The van der Waals surface area contributed by atoms with Crippen LogP contribution in [0.15, 0.2) is 12.1 Å². The number of hydrogen-bond acceptors (Lipinski definition) is 3. The predicted molar refractivity (Wildman–Crippen MR) is 48.5 cm³/mol. The standard InChI is InChI=1S/C6H6BrNO2S/c7-4-3-5-1-2-6(11-5)8(9)10/h1-2H,3-4H2. The SMILES string of the molecule is O=[N+]([O-])c1ccc(CCBr)s1. The molecule has 11 heavy (non-hydrogen) atoms. The summed E-state index contributed by atoms with van der Waals surface area (Å²) in [6.07, 6.45) is 0.860. The van der Waals surface area contributed by atoms with Crippen LogP contribution in [0.3, 0.4) is 0 Å². The van der Waals surface area contributed by atoms with Gasteiger partial charge in [0.05, 0.1) is 4.92 Å². The third kappa shape index (κ3) is 2.27. The molecule has 0 unspecified atom stereocenters. The Morgan fingerprint density at radius 2 is 2.36 bits per heavy atom. The van der Waals surface area contributed by atoms with Gasteiger partial charge in [-0.25, -0.2) is 0 Å². The average Bonchev–Trinajstić information content (AvgIpc) is 2.37. The highest BCUT2D eigenvalue weighted by atomic mass is 79.9. The lowest BCUT2D eigenvalue weighted by Gasteiger charge is -1.85. The highest BCUT2D eigenvalue weighted by Crippen LogP contribution is 2.24. The second-order valence-corrected chi connectivity index (χ2v) is 3.88. The molecule has 0 saturated carbocycles. The molecule has 0 N–H and O–H groups in total. The van der Waals surface area contributed by atoms with Crippen molar-refractivity contribution in [1.29, 1.82) is 0 Å². The monoisotopic (exact) mass is 235 g/mol. The first-order chi connectivity index (χ1) is 5.24. The predicted octanol–water partition coefficient (Wildman–Crippen LogP) is 2.59. The smallest absolute Gasteiger partial charge is 0.258 e. The summed E-state index contributed by atoms with van der Waals surface area (Å²) in [6, 6.07) is 3.34. The van der Waals surface area contributed by atoms with Crippen molar-refractivity contribution in [2.24, 2.45) is 0 Å². The minimum absolute atomic E-state index is 0.223. The van der Waals surface area contributed by atoms with Crippen molar-refractivity contribution >= 4 is 32.3 Å². The minimum Gasteiger partial charge on any atom is -0.258 e. The molecule has 5 heteroatoms. The lowest BCUT2D eigenvalue weighted by Crippen LogP contribution is -1.81. The molecule has 0 amide bonds. The summed E-state index contributed by atoms with van der Waals surface area (Å²) >= 11 is 4.51. The molecule has 1 aromatic heterocycles. The zero-order valence-electron chi connectivity index (χ0n) is 5.62. The molecule has 1 heterocycles. The molecule has 0 aromatic carbocycles. The third-order valence-corrected chi connectivity index (χ3v) is 2.66. The molecular weight excluding hydrogens is 230 g/mol. The number of thiophene rings is 1. The molecule has 0 spiro atoms. The van der Waals surface area contributed by atoms with Crippen molar-refractivity contribution in [3.8, 4) is 0 Å². The quantitative estimate of drug-likeness (QED) is 0.460. The Labute approximate surface area is 76.3 Å². The molecule has 0 atom stereocenters. The first-order valence-electron chi connectivity index (χ1n) is 3.03. The number of hydrogen-bond donors (Lipinski definition) is 0. The van der Waals surface area contributed by atoms with Crippen molar-refractivity contribution in [3.63, 3.8) is 0 Å². The van der Waals surface area contributed by atoms with Crippen molar-refractivity contribution in [2.45, 2.75) is 6.42 Å². The first-order valence-corrected chi connectivity index (χ1v) is 4.97. The molecule has 0 fully saturated rings. The van der Waals surface area contributed by atoms with Crippen molar-refractivity contribution in [2.75, 3.05) is 5.33 Å². The number of nitrogens with zero attached hydrogens (tertiary/aromatic N) is 1. The molecule has 0 aliphatic heterocycles. The Hall–Kier alpha value is -0.420. The second kappa shape index (κ2) is 3.82. The van der Waals surface area contributed by atoms with E-state index in [-0.39, 0.29) is 9.92 Å². The molecule has 60 valence electrons. The zero-order valence-corrected chi connectivity index (χ0v) is 8.02. The Bertz CT molecular complexity index is 261. The fraction of sp³-hybridized carbons (Fsp3) is 0.333. The maximum atomic E-state index is 10.2. The van der Waals surface area contributed by atoms with Gasteiger partial charge in [0.2, 0.25) is 0 Å². The lowest BCUT2D eigenvalue weighted by atomic mass is 10.4. The molecule has 0 saturated heterocycles. The average molecular weight is 236 g/mol. The first kappa shape index (κ1) is 8.67. The molecule has 1 rings (SSSR count). The highest BCUT2D eigenvalue weighted by Gasteiger charge is 2.08. The number of halogens is 1. The molecule has 0 bridgehead atoms. The van der Waals surface area contributed by atoms with Crippen LogP contribution in [-0.4, -0.2) is 10.3 Å². The molecule has 0 radical (unpaired) electrons. The molecule has 3 nitrogen and oxygen atoms in total. The van der Waals surface area contributed by atoms with Gasteiger partial charge in [-0.1, -0.05) is 27.3 Å². The van der Waals surface area contributed by atoms with E-state index in [2.05, 4.69) is 15.9 Å². The maximum Gasteiger partial charge on any atom is 0.324 e. The Morgan fingerprint density at radius 1 is 1.64 bits per heavy atom. The van der Waals surface area contributed by atoms with Gasteiger partial charge in [0.15, 0.2) is 0 Å². The van der Waals surface area contributed by atoms with Crippen LogP contribution in [0.25, 0.3) is 0 Å².